The number of amides is 1. The van der Waals surface area contributed by atoms with E-state index in [0.29, 0.717) is 11.6 Å². The summed E-state index contributed by atoms with van der Waals surface area (Å²) in [5.74, 6) is 1.67. The molecule has 1 N–H and O–H groups in total. The van der Waals surface area contributed by atoms with E-state index in [1.165, 1.54) is 12.8 Å². The first-order chi connectivity index (χ1) is 13.0. The Labute approximate surface area is 160 Å². The Morgan fingerprint density at radius 2 is 2.07 bits per heavy atom. The van der Waals surface area contributed by atoms with E-state index in [1.807, 2.05) is 48.2 Å². The molecule has 1 aliphatic carbocycles. The number of aromatic nitrogens is 1. The molecule has 1 fully saturated rings. The lowest BCUT2D eigenvalue weighted by molar-refractivity contribution is -0.117. The maximum atomic E-state index is 12.5. The minimum Gasteiger partial charge on any atom is -0.363 e. The number of aryl methyl sites for hydroxylation is 1. The summed E-state index contributed by atoms with van der Waals surface area (Å²) in [6, 6.07) is 11.8. The first-order valence-corrected chi connectivity index (χ1v) is 9.51. The van der Waals surface area contributed by atoms with Crippen LogP contribution >= 0.6 is 0 Å². The molecule has 138 valence electrons. The second-order valence-electron chi connectivity index (χ2n) is 7.72. The van der Waals surface area contributed by atoms with E-state index in [9.17, 15) is 4.79 Å². The second kappa shape index (κ2) is 6.70. The number of fused-ring (bicyclic) bond motifs is 1. The predicted octanol–water partition coefficient (Wildman–Crippen LogP) is 4.88. The summed E-state index contributed by atoms with van der Waals surface area (Å²) >= 11 is 0. The molecular formula is C22H24N4O. The van der Waals surface area contributed by atoms with Gasteiger partial charge in [0, 0.05) is 30.3 Å². The summed E-state index contributed by atoms with van der Waals surface area (Å²) in [5.41, 5.74) is 3.49. The van der Waals surface area contributed by atoms with E-state index >= 15 is 0 Å². The van der Waals surface area contributed by atoms with E-state index in [0.717, 1.165) is 22.8 Å². The first-order valence-electron chi connectivity index (χ1n) is 9.51. The number of rotatable bonds is 3. The van der Waals surface area contributed by atoms with Gasteiger partial charge in [0.25, 0.3) is 0 Å². The topological polar surface area (TPSA) is 49.6 Å². The average Bonchev–Trinajstić information content (AvgIpc) is 3.47. The Morgan fingerprint density at radius 3 is 2.70 bits per heavy atom. The van der Waals surface area contributed by atoms with Crippen LogP contribution in [0.3, 0.4) is 0 Å². The van der Waals surface area contributed by atoms with Crippen molar-refractivity contribution in [3.05, 3.63) is 59.1 Å². The third kappa shape index (κ3) is 3.16. The van der Waals surface area contributed by atoms with Crippen LogP contribution in [-0.4, -0.2) is 16.9 Å². The van der Waals surface area contributed by atoms with Crippen molar-refractivity contribution in [1.29, 1.82) is 0 Å². The third-order valence-corrected chi connectivity index (χ3v) is 5.73. The molecule has 1 aromatic heterocycles. The summed E-state index contributed by atoms with van der Waals surface area (Å²) < 4.78 is 0. The summed E-state index contributed by atoms with van der Waals surface area (Å²) in [6.45, 7) is 13.2. The Hall–Kier alpha value is -2.87. The van der Waals surface area contributed by atoms with Gasteiger partial charge in [-0.2, -0.15) is 0 Å². The molecule has 1 aromatic carbocycles. The number of carbonyl (C=O) groups is 1. The number of nitrogens with zero attached hydrogens (tertiary/aromatic N) is 3. The Morgan fingerprint density at radius 1 is 1.30 bits per heavy atom. The van der Waals surface area contributed by atoms with Crippen LogP contribution in [0.25, 0.3) is 4.85 Å². The maximum absolute atomic E-state index is 12.5. The fourth-order valence-electron chi connectivity index (χ4n) is 4.41. The van der Waals surface area contributed by atoms with Crippen molar-refractivity contribution < 1.29 is 4.79 Å². The van der Waals surface area contributed by atoms with Crippen LogP contribution in [0.15, 0.2) is 36.4 Å². The number of nitrogens with one attached hydrogen (secondary N) is 1. The fraction of sp³-hybridized carbons (Fsp3) is 0.409. The molecule has 2 aliphatic rings. The minimum atomic E-state index is 0.0113. The predicted molar refractivity (Wildman–Crippen MR) is 107 cm³/mol. The molecule has 0 saturated heterocycles. The van der Waals surface area contributed by atoms with Gasteiger partial charge in [-0.3, -0.25) is 4.79 Å². The molecule has 3 atom stereocenters. The van der Waals surface area contributed by atoms with Crippen molar-refractivity contribution >= 4 is 23.1 Å². The summed E-state index contributed by atoms with van der Waals surface area (Å²) in [7, 11) is 0. The molecule has 0 bridgehead atoms. The third-order valence-electron chi connectivity index (χ3n) is 5.73. The van der Waals surface area contributed by atoms with Crippen LogP contribution in [-0.2, 0) is 4.79 Å². The van der Waals surface area contributed by atoms with Crippen LogP contribution in [0.2, 0.25) is 0 Å². The highest BCUT2D eigenvalue weighted by Gasteiger charge is 2.47. The molecule has 1 saturated carbocycles. The van der Waals surface area contributed by atoms with Gasteiger partial charge in [0.15, 0.2) is 5.69 Å². The number of hydrogen-bond donors (Lipinski definition) is 1. The lowest BCUT2D eigenvalue weighted by Gasteiger charge is -2.46. The van der Waals surface area contributed by atoms with Crippen molar-refractivity contribution in [3.63, 3.8) is 0 Å². The smallest absolute Gasteiger partial charge is 0.224 e. The molecule has 2 aromatic rings. The normalized spacial score (nSPS) is 24.1. The number of hydrogen-bond acceptors (Lipinski definition) is 3. The van der Waals surface area contributed by atoms with E-state index < -0.39 is 0 Å². The highest BCUT2D eigenvalue weighted by molar-refractivity contribution is 5.94. The van der Waals surface area contributed by atoms with Crippen LogP contribution in [0.1, 0.15) is 44.0 Å². The van der Waals surface area contributed by atoms with Crippen LogP contribution in [0.5, 0.6) is 0 Å². The van der Waals surface area contributed by atoms with Gasteiger partial charge >= 0.3 is 0 Å². The average molecular weight is 360 g/mol. The van der Waals surface area contributed by atoms with Gasteiger partial charge in [-0.1, -0.05) is 19.1 Å². The molecule has 0 spiro atoms. The summed E-state index contributed by atoms with van der Waals surface area (Å²) in [6.07, 6.45) is 2.34. The zero-order valence-electron chi connectivity index (χ0n) is 15.9. The van der Waals surface area contributed by atoms with Gasteiger partial charge in [0.2, 0.25) is 5.91 Å². The van der Waals surface area contributed by atoms with Gasteiger partial charge in [0.1, 0.15) is 5.82 Å². The van der Waals surface area contributed by atoms with Crippen molar-refractivity contribution in [2.24, 2.45) is 11.8 Å². The van der Waals surface area contributed by atoms with Crippen LogP contribution in [0.4, 0.5) is 17.2 Å². The van der Waals surface area contributed by atoms with Crippen molar-refractivity contribution in [3.8, 4) is 0 Å². The first kappa shape index (κ1) is 17.5. The van der Waals surface area contributed by atoms with Crippen molar-refractivity contribution in [2.75, 3.05) is 10.2 Å². The molecule has 5 nitrogen and oxygen atoms in total. The quantitative estimate of drug-likeness (QED) is 0.794. The van der Waals surface area contributed by atoms with Gasteiger partial charge in [-0.15, -0.1) is 0 Å². The van der Waals surface area contributed by atoms with E-state index in [4.69, 9.17) is 6.57 Å². The van der Waals surface area contributed by atoms with Crippen LogP contribution < -0.4 is 10.2 Å². The minimum absolute atomic E-state index is 0.0113. The van der Waals surface area contributed by atoms with Gasteiger partial charge in [-0.05, 0) is 55.5 Å². The van der Waals surface area contributed by atoms with Crippen LogP contribution in [0, 0.1) is 25.3 Å². The SMILES string of the molecule is [C-]#[N+]c1ccc2c(c1)[C@H](Nc1cccc(C)n1)[C@@H](C)[C@H](C1CC1)N2C(C)=O. The number of anilines is 2. The molecule has 0 radical (unpaired) electrons. The number of pyridine rings is 1. The Balaban J connectivity index is 1.82. The zero-order chi connectivity index (χ0) is 19.1. The lowest BCUT2D eigenvalue weighted by atomic mass is 9.79. The van der Waals surface area contributed by atoms with E-state index in [2.05, 4.69) is 22.1 Å². The second-order valence-corrected chi connectivity index (χ2v) is 7.72. The summed E-state index contributed by atoms with van der Waals surface area (Å²) in [5, 5.41) is 3.60. The molecule has 0 unspecified atom stereocenters. The number of benzene rings is 1. The van der Waals surface area contributed by atoms with E-state index in [1.54, 1.807) is 6.92 Å². The maximum Gasteiger partial charge on any atom is 0.224 e. The Kier molecular flexibility index (Phi) is 4.35. The Bertz CT molecular complexity index is 928. The van der Waals surface area contributed by atoms with Gasteiger partial charge in [-0.25, -0.2) is 9.83 Å². The summed E-state index contributed by atoms with van der Waals surface area (Å²) in [4.78, 5) is 22.7. The molecule has 4 rings (SSSR count). The molecule has 27 heavy (non-hydrogen) atoms. The van der Waals surface area contributed by atoms with E-state index in [-0.39, 0.29) is 23.9 Å². The zero-order valence-corrected chi connectivity index (χ0v) is 15.9. The largest absolute Gasteiger partial charge is 0.363 e. The monoisotopic (exact) mass is 360 g/mol. The van der Waals surface area contributed by atoms with Crippen molar-refractivity contribution in [2.45, 2.75) is 45.7 Å². The molecule has 1 aliphatic heterocycles. The van der Waals surface area contributed by atoms with Crippen molar-refractivity contribution in [1.82, 2.24) is 4.98 Å². The fourth-order valence-corrected chi connectivity index (χ4v) is 4.41. The standard InChI is InChI=1S/C22H24N4O/c1-13-6-5-7-20(24-13)25-21-14(2)22(16-8-9-16)26(15(3)27)19-11-10-17(23-4)12-18(19)21/h5-7,10-12,14,16,21-22H,8-9H2,1-3H3,(H,24,25)/t14-,21-,22-/m1/s1. The van der Waals surface area contributed by atoms with Gasteiger partial charge < -0.3 is 10.2 Å². The highest BCUT2D eigenvalue weighted by atomic mass is 16.2. The lowest BCUT2D eigenvalue weighted by Crippen LogP contribution is -2.51. The highest BCUT2D eigenvalue weighted by Crippen LogP contribution is 2.50. The molecular weight excluding hydrogens is 336 g/mol. The molecule has 2 heterocycles. The molecule has 5 heteroatoms. The van der Waals surface area contributed by atoms with Gasteiger partial charge in [0.05, 0.1) is 12.6 Å². The molecule has 1 amide bonds. The number of carbonyl (C=O) groups excluding carboxylic acids is 1.